The van der Waals surface area contributed by atoms with E-state index in [1.165, 1.54) is 6.07 Å². The summed E-state index contributed by atoms with van der Waals surface area (Å²) in [5.41, 5.74) is 5.81. The van der Waals surface area contributed by atoms with Crippen LogP contribution >= 0.6 is 0 Å². The van der Waals surface area contributed by atoms with E-state index in [-0.39, 0.29) is 18.0 Å². The predicted molar refractivity (Wildman–Crippen MR) is 60.4 cm³/mol. The summed E-state index contributed by atoms with van der Waals surface area (Å²) in [6, 6.07) is 2.81. The fraction of sp³-hybridized carbons (Fsp3) is 0.500. The molecule has 17 heavy (non-hydrogen) atoms. The summed E-state index contributed by atoms with van der Waals surface area (Å²) in [7, 11) is 1.56. The third kappa shape index (κ3) is 4.38. The minimum absolute atomic E-state index is 0.0688. The molecule has 0 aliphatic rings. The molecule has 0 fully saturated rings. The lowest BCUT2D eigenvalue weighted by Crippen LogP contribution is -2.24. The number of nitrogens with two attached hydrogens (primary N) is 1. The maximum atomic E-state index is 13.3. The van der Waals surface area contributed by atoms with E-state index in [0.717, 1.165) is 12.1 Å². The van der Waals surface area contributed by atoms with E-state index < -0.39 is 17.7 Å². The Labute approximate surface area is 99.2 Å². The smallest absolute Gasteiger partial charge is 0.131 e. The molecule has 1 rings (SSSR count). The van der Waals surface area contributed by atoms with Crippen molar-refractivity contribution in [2.45, 2.75) is 25.0 Å². The van der Waals surface area contributed by atoms with E-state index in [1.54, 1.807) is 7.11 Å². The van der Waals surface area contributed by atoms with E-state index in [1.807, 2.05) is 0 Å². The van der Waals surface area contributed by atoms with Gasteiger partial charge in [-0.05, 0) is 18.9 Å². The van der Waals surface area contributed by atoms with Crippen LogP contribution in [-0.2, 0) is 4.74 Å². The third-order valence-corrected chi connectivity index (χ3v) is 2.54. The van der Waals surface area contributed by atoms with E-state index in [9.17, 15) is 13.9 Å². The standard InChI is InChI=1S/C12H17F2NO2/c1-17-5-4-9(15)7-12(16)10-3-2-8(13)6-11(10)14/h2-3,6,9,12,16H,4-5,7,15H2,1H3. The van der Waals surface area contributed by atoms with Gasteiger partial charge >= 0.3 is 0 Å². The predicted octanol–water partition coefficient (Wildman–Crippen LogP) is 1.75. The molecule has 3 N–H and O–H groups in total. The van der Waals surface area contributed by atoms with Crippen LogP contribution in [0.4, 0.5) is 8.78 Å². The molecule has 0 aromatic heterocycles. The molecule has 2 unspecified atom stereocenters. The lowest BCUT2D eigenvalue weighted by Gasteiger charge is -2.17. The zero-order valence-electron chi connectivity index (χ0n) is 9.70. The number of aliphatic hydroxyl groups excluding tert-OH is 1. The Bertz CT molecular complexity index is 360. The molecular weight excluding hydrogens is 228 g/mol. The minimum Gasteiger partial charge on any atom is -0.388 e. The van der Waals surface area contributed by atoms with Crippen molar-refractivity contribution in [2.24, 2.45) is 5.73 Å². The first kappa shape index (κ1) is 14.0. The zero-order valence-corrected chi connectivity index (χ0v) is 9.70. The molecule has 0 bridgehead atoms. The van der Waals surface area contributed by atoms with Crippen molar-refractivity contribution < 1.29 is 18.6 Å². The van der Waals surface area contributed by atoms with Crippen molar-refractivity contribution in [3.8, 4) is 0 Å². The normalized spacial score (nSPS) is 14.6. The molecule has 0 aliphatic carbocycles. The molecule has 96 valence electrons. The van der Waals surface area contributed by atoms with Gasteiger partial charge in [0.1, 0.15) is 11.6 Å². The number of hydrogen-bond donors (Lipinski definition) is 2. The molecule has 3 nitrogen and oxygen atoms in total. The van der Waals surface area contributed by atoms with Crippen molar-refractivity contribution >= 4 is 0 Å². The Morgan fingerprint density at radius 3 is 2.71 bits per heavy atom. The molecule has 0 amide bonds. The Morgan fingerprint density at radius 1 is 1.41 bits per heavy atom. The molecule has 0 radical (unpaired) electrons. The average molecular weight is 245 g/mol. The highest BCUT2D eigenvalue weighted by molar-refractivity contribution is 5.21. The summed E-state index contributed by atoms with van der Waals surface area (Å²) in [4.78, 5) is 0. The Hall–Kier alpha value is -1.04. The molecule has 1 aromatic rings. The second-order valence-electron chi connectivity index (χ2n) is 3.96. The maximum absolute atomic E-state index is 13.3. The summed E-state index contributed by atoms with van der Waals surface area (Å²) in [5, 5.41) is 9.78. The molecule has 0 spiro atoms. The number of halogens is 2. The van der Waals surface area contributed by atoms with E-state index >= 15 is 0 Å². The molecule has 0 aliphatic heterocycles. The lowest BCUT2D eigenvalue weighted by molar-refractivity contribution is 0.138. The van der Waals surface area contributed by atoms with Gasteiger partial charge in [0.05, 0.1) is 6.10 Å². The number of ether oxygens (including phenoxy) is 1. The van der Waals surface area contributed by atoms with Crippen LogP contribution in [0.3, 0.4) is 0 Å². The topological polar surface area (TPSA) is 55.5 Å². The average Bonchev–Trinajstić information content (AvgIpc) is 2.26. The summed E-state index contributed by atoms with van der Waals surface area (Å²) >= 11 is 0. The molecule has 1 aromatic carbocycles. The van der Waals surface area contributed by atoms with Gasteiger partial charge in [0.2, 0.25) is 0 Å². The van der Waals surface area contributed by atoms with Gasteiger partial charge in [0.15, 0.2) is 0 Å². The largest absolute Gasteiger partial charge is 0.388 e. The first-order valence-electron chi connectivity index (χ1n) is 5.42. The Balaban J connectivity index is 2.60. The Morgan fingerprint density at radius 2 is 2.12 bits per heavy atom. The van der Waals surface area contributed by atoms with Gasteiger partial charge in [0.25, 0.3) is 0 Å². The first-order valence-corrected chi connectivity index (χ1v) is 5.42. The third-order valence-electron chi connectivity index (χ3n) is 2.54. The second-order valence-corrected chi connectivity index (χ2v) is 3.96. The lowest BCUT2D eigenvalue weighted by atomic mass is 10.0. The van der Waals surface area contributed by atoms with Crippen molar-refractivity contribution in [2.75, 3.05) is 13.7 Å². The summed E-state index contributed by atoms with van der Waals surface area (Å²) in [6.45, 7) is 0.486. The van der Waals surface area contributed by atoms with Gasteiger partial charge in [-0.15, -0.1) is 0 Å². The van der Waals surface area contributed by atoms with Crippen molar-refractivity contribution in [1.82, 2.24) is 0 Å². The highest BCUT2D eigenvalue weighted by Crippen LogP contribution is 2.22. The minimum atomic E-state index is -1.03. The highest BCUT2D eigenvalue weighted by Gasteiger charge is 2.16. The number of benzene rings is 1. The molecule has 0 heterocycles. The maximum Gasteiger partial charge on any atom is 0.131 e. The summed E-state index contributed by atoms with van der Waals surface area (Å²) in [5.74, 6) is -1.42. The molecule has 0 saturated carbocycles. The van der Waals surface area contributed by atoms with Crippen molar-refractivity contribution in [1.29, 1.82) is 0 Å². The molecule has 0 saturated heterocycles. The molecular formula is C12H17F2NO2. The van der Waals surface area contributed by atoms with E-state index in [0.29, 0.717) is 13.0 Å². The van der Waals surface area contributed by atoms with E-state index in [4.69, 9.17) is 10.5 Å². The van der Waals surface area contributed by atoms with Crippen LogP contribution in [-0.4, -0.2) is 24.9 Å². The monoisotopic (exact) mass is 245 g/mol. The fourth-order valence-electron chi connectivity index (χ4n) is 1.57. The first-order chi connectivity index (χ1) is 8.04. The van der Waals surface area contributed by atoms with Crippen molar-refractivity contribution in [3.05, 3.63) is 35.4 Å². The number of methoxy groups -OCH3 is 1. The SMILES string of the molecule is COCCC(N)CC(O)c1ccc(F)cc1F. The quantitative estimate of drug-likeness (QED) is 0.802. The molecule has 2 atom stereocenters. The van der Waals surface area contributed by atoms with Gasteiger partial charge in [-0.25, -0.2) is 8.78 Å². The van der Waals surface area contributed by atoms with Crippen LogP contribution in [0.1, 0.15) is 24.5 Å². The van der Waals surface area contributed by atoms with Crippen LogP contribution in [0, 0.1) is 11.6 Å². The van der Waals surface area contributed by atoms with Gasteiger partial charge in [-0.1, -0.05) is 6.07 Å². The number of hydrogen-bond acceptors (Lipinski definition) is 3. The van der Waals surface area contributed by atoms with Gasteiger partial charge < -0.3 is 15.6 Å². The van der Waals surface area contributed by atoms with Gasteiger partial charge in [-0.2, -0.15) is 0 Å². The highest BCUT2D eigenvalue weighted by atomic mass is 19.1. The zero-order chi connectivity index (χ0) is 12.8. The number of rotatable bonds is 6. The number of aliphatic hydroxyl groups is 1. The van der Waals surface area contributed by atoms with Crippen LogP contribution in [0.25, 0.3) is 0 Å². The van der Waals surface area contributed by atoms with Gasteiger partial charge in [0, 0.05) is 31.4 Å². The Kier molecular flexibility index (Phi) is 5.47. The fourth-order valence-corrected chi connectivity index (χ4v) is 1.57. The van der Waals surface area contributed by atoms with Crippen LogP contribution < -0.4 is 5.73 Å². The van der Waals surface area contributed by atoms with Crippen LogP contribution in [0.2, 0.25) is 0 Å². The van der Waals surface area contributed by atoms with Crippen molar-refractivity contribution in [3.63, 3.8) is 0 Å². The second kappa shape index (κ2) is 6.64. The van der Waals surface area contributed by atoms with E-state index in [2.05, 4.69) is 0 Å². The van der Waals surface area contributed by atoms with Gasteiger partial charge in [-0.3, -0.25) is 0 Å². The van der Waals surface area contributed by atoms with Crippen LogP contribution in [0.15, 0.2) is 18.2 Å². The molecule has 5 heteroatoms. The summed E-state index contributed by atoms with van der Waals surface area (Å²) in [6.07, 6.45) is -0.232. The van der Waals surface area contributed by atoms with Crippen LogP contribution in [0.5, 0.6) is 0 Å². The summed E-state index contributed by atoms with van der Waals surface area (Å²) < 4.78 is 30.9.